The van der Waals surface area contributed by atoms with Crippen molar-refractivity contribution >= 4 is 18.2 Å². The summed E-state index contributed by atoms with van der Waals surface area (Å²) in [6.07, 6.45) is 7.41. The van der Waals surface area contributed by atoms with Crippen LogP contribution in [0.4, 0.5) is 0 Å². The average molecular weight is 336 g/mol. The second-order valence-electron chi connectivity index (χ2n) is 5.74. The first-order chi connectivity index (χ1) is 12.2. The van der Waals surface area contributed by atoms with Gasteiger partial charge in [-0.25, -0.2) is 5.43 Å². The molecule has 0 spiro atoms. The lowest BCUT2D eigenvalue weighted by Gasteiger charge is -2.07. The van der Waals surface area contributed by atoms with Crippen molar-refractivity contribution in [3.05, 3.63) is 71.3 Å². The molecule has 0 unspecified atom stereocenters. The van der Waals surface area contributed by atoms with Gasteiger partial charge in [0.1, 0.15) is 5.75 Å². The molecule has 130 valence electrons. The Morgan fingerprint density at radius 3 is 2.72 bits per heavy atom. The maximum absolute atomic E-state index is 11.8. The zero-order chi connectivity index (χ0) is 17.9. The first kappa shape index (κ1) is 18.5. The van der Waals surface area contributed by atoms with Crippen LogP contribution in [0.2, 0.25) is 0 Å². The maximum atomic E-state index is 11.8. The minimum atomic E-state index is -0.0744. The summed E-state index contributed by atoms with van der Waals surface area (Å²) in [5, 5.41) is 3.92. The second kappa shape index (κ2) is 10.1. The van der Waals surface area contributed by atoms with Crippen molar-refractivity contribution in [3.63, 3.8) is 0 Å². The van der Waals surface area contributed by atoms with Gasteiger partial charge in [-0.1, -0.05) is 48.5 Å². The Kier molecular flexibility index (Phi) is 7.44. The number of methoxy groups -OCH3 is 1. The topological polar surface area (TPSA) is 50.7 Å². The van der Waals surface area contributed by atoms with E-state index >= 15 is 0 Å². The van der Waals surface area contributed by atoms with Crippen LogP contribution in [0.25, 0.3) is 6.08 Å². The van der Waals surface area contributed by atoms with E-state index in [-0.39, 0.29) is 5.91 Å². The van der Waals surface area contributed by atoms with E-state index in [4.69, 9.17) is 4.74 Å². The van der Waals surface area contributed by atoms with Gasteiger partial charge in [0.05, 0.1) is 7.11 Å². The average Bonchev–Trinajstić information content (AvgIpc) is 2.62. The van der Waals surface area contributed by atoms with Gasteiger partial charge in [0.2, 0.25) is 5.91 Å². The molecule has 0 saturated carbocycles. The highest BCUT2D eigenvalue weighted by Gasteiger charge is 2.02. The number of nitrogens with zero attached hydrogens (tertiary/aromatic N) is 1. The van der Waals surface area contributed by atoms with Crippen LogP contribution in [0.5, 0.6) is 5.75 Å². The Labute approximate surface area is 149 Å². The molecule has 0 fully saturated rings. The molecular formula is C21H24N2O2. The summed E-state index contributed by atoms with van der Waals surface area (Å²) >= 11 is 0. The van der Waals surface area contributed by atoms with Crippen molar-refractivity contribution in [1.29, 1.82) is 0 Å². The van der Waals surface area contributed by atoms with Gasteiger partial charge < -0.3 is 4.74 Å². The monoisotopic (exact) mass is 336 g/mol. The van der Waals surface area contributed by atoms with Gasteiger partial charge in [0, 0.05) is 12.6 Å². The molecule has 0 heterocycles. The number of allylic oxidation sites excluding steroid dienone is 1. The predicted molar refractivity (Wildman–Crippen MR) is 103 cm³/mol. The molecule has 0 bridgehead atoms. The van der Waals surface area contributed by atoms with Crippen LogP contribution >= 0.6 is 0 Å². The van der Waals surface area contributed by atoms with Crippen molar-refractivity contribution in [1.82, 2.24) is 5.43 Å². The molecule has 0 radical (unpaired) electrons. The Balaban J connectivity index is 1.68. The third-order valence-electron chi connectivity index (χ3n) is 3.77. The first-order valence-corrected chi connectivity index (χ1v) is 8.36. The zero-order valence-electron chi connectivity index (χ0n) is 14.7. The van der Waals surface area contributed by atoms with Gasteiger partial charge in [0.25, 0.3) is 0 Å². The van der Waals surface area contributed by atoms with Gasteiger partial charge in [-0.2, -0.15) is 5.10 Å². The normalized spacial score (nSPS) is 11.1. The number of hydrogen-bond acceptors (Lipinski definition) is 3. The van der Waals surface area contributed by atoms with Crippen LogP contribution in [0.1, 0.15) is 29.5 Å². The Morgan fingerprint density at radius 1 is 1.20 bits per heavy atom. The van der Waals surface area contributed by atoms with Crippen molar-refractivity contribution in [2.24, 2.45) is 5.10 Å². The number of hydrazone groups is 1. The molecule has 25 heavy (non-hydrogen) atoms. The zero-order valence-corrected chi connectivity index (χ0v) is 14.7. The molecule has 1 amide bonds. The van der Waals surface area contributed by atoms with E-state index in [0.717, 1.165) is 29.7 Å². The van der Waals surface area contributed by atoms with Crippen LogP contribution < -0.4 is 10.2 Å². The largest absolute Gasteiger partial charge is 0.496 e. The van der Waals surface area contributed by atoms with Crippen LogP contribution in [-0.2, 0) is 11.2 Å². The predicted octanol–water partition coefficient (Wildman–Crippen LogP) is 4.14. The lowest BCUT2D eigenvalue weighted by atomic mass is 10.1. The molecule has 0 aromatic heterocycles. The number of benzene rings is 2. The van der Waals surface area contributed by atoms with Gasteiger partial charge >= 0.3 is 0 Å². The summed E-state index contributed by atoms with van der Waals surface area (Å²) in [5.74, 6) is 0.814. The number of hydrogen-bond donors (Lipinski definition) is 1. The number of carbonyl (C=O) groups excluding carboxylic acids is 1. The summed E-state index contributed by atoms with van der Waals surface area (Å²) in [6.45, 7) is 2.02. The molecule has 0 atom stereocenters. The fourth-order valence-corrected chi connectivity index (χ4v) is 2.48. The maximum Gasteiger partial charge on any atom is 0.240 e. The van der Waals surface area contributed by atoms with Crippen molar-refractivity contribution in [2.75, 3.05) is 7.11 Å². The third-order valence-corrected chi connectivity index (χ3v) is 3.77. The van der Waals surface area contributed by atoms with Crippen molar-refractivity contribution in [2.45, 2.75) is 26.2 Å². The molecule has 0 aliphatic heterocycles. The van der Waals surface area contributed by atoms with Gasteiger partial charge in [-0.05, 0) is 48.6 Å². The summed E-state index contributed by atoms with van der Waals surface area (Å²) in [4.78, 5) is 11.8. The minimum Gasteiger partial charge on any atom is -0.496 e. The van der Waals surface area contributed by atoms with E-state index in [1.54, 1.807) is 19.4 Å². The first-order valence-electron chi connectivity index (χ1n) is 8.36. The molecule has 4 nitrogen and oxygen atoms in total. The number of nitrogens with one attached hydrogen (secondary N) is 1. The minimum absolute atomic E-state index is 0.0744. The molecule has 2 aromatic carbocycles. The summed E-state index contributed by atoms with van der Waals surface area (Å²) < 4.78 is 5.25. The number of rotatable bonds is 8. The smallest absolute Gasteiger partial charge is 0.240 e. The Hall–Kier alpha value is -2.88. The number of amides is 1. The third kappa shape index (κ3) is 6.63. The second-order valence-corrected chi connectivity index (χ2v) is 5.74. The number of aryl methyl sites for hydroxylation is 2. The fourth-order valence-electron chi connectivity index (χ4n) is 2.48. The molecular weight excluding hydrogens is 312 g/mol. The van der Waals surface area contributed by atoms with Crippen molar-refractivity contribution < 1.29 is 9.53 Å². The lowest BCUT2D eigenvalue weighted by Crippen LogP contribution is -2.16. The molecule has 1 N–H and O–H groups in total. The van der Waals surface area contributed by atoms with Crippen molar-refractivity contribution in [3.8, 4) is 5.75 Å². The molecule has 0 saturated heterocycles. The van der Waals surface area contributed by atoms with Gasteiger partial charge in [-0.3, -0.25) is 4.79 Å². The van der Waals surface area contributed by atoms with Crippen LogP contribution in [0.3, 0.4) is 0 Å². The Morgan fingerprint density at radius 2 is 2.00 bits per heavy atom. The fraction of sp³-hybridized carbons (Fsp3) is 0.238. The number of carbonyl (C=O) groups is 1. The van der Waals surface area contributed by atoms with E-state index in [9.17, 15) is 4.79 Å². The van der Waals surface area contributed by atoms with Gasteiger partial charge in [-0.15, -0.1) is 0 Å². The molecule has 2 rings (SSSR count). The lowest BCUT2D eigenvalue weighted by molar-refractivity contribution is -0.121. The standard InChI is InChI=1S/C21H24N2O2/c1-17-16-19(13-14-20(17)25-2)10-6-12-21(24)23-22-15-7-11-18-8-4-3-5-9-18/h3-5,7-9,11,13-16H,6,10,12H2,1-2H3,(H,23,24)/b11-7-,22-15?. The van der Waals surface area contributed by atoms with E-state index in [1.165, 1.54) is 5.56 Å². The molecule has 2 aromatic rings. The quantitative estimate of drug-likeness (QED) is 0.582. The van der Waals surface area contributed by atoms with E-state index in [1.807, 2.05) is 55.5 Å². The van der Waals surface area contributed by atoms with E-state index in [0.29, 0.717) is 6.42 Å². The van der Waals surface area contributed by atoms with Crippen LogP contribution in [0, 0.1) is 6.92 Å². The van der Waals surface area contributed by atoms with E-state index < -0.39 is 0 Å². The van der Waals surface area contributed by atoms with Gasteiger partial charge in [0.15, 0.2) is 0 Å². The summed E-state index contributed by atoms with van der Waals surface area (Å²) in [6, 6.07) is 16.0. The molecule has 0 aliphatic rings. The highest BCUT2D eigenvalue weighted by Crippen LogP contribution is 2.19. The molecule has 4 heteroatoms. The Bertz CT molecular complexity index is 737. The molecule has 0 aliphatic carbocycles. The summed E-state index contributed by atoms with van der Waals surface area (Å²) in [7, 11) is 1.67. The SMILES string of the molecule is COc1ccc(CCCC(=O)NN=C/C=C\c2ccccc2)cc1C. The van der Waals surface area contributed by atoms with Crippen LogP contribution in [-0.4, -0.2) is 19.2 Å². The number of ether oxygens (including phenoxy) is 1. The summed E-state index contributed by atoms with van der Waals surface area (Å²) in [5.41, 5.74) is 5.96. The van der Waals surface area contributed by atoms with E-state index in [2.05, 4.69) is 16.6 Å². The highest BCUT2D eigenvalue weighted by atomic mass is 16.5. The highest BCUT2D eigenvalue weighted by molar-refractivity contribution is 5.81. The van der Waals surface area contributed by atoms with Crippen LogP contribution in [0.15, 0.2) is 59.7 Å².